The van der Waals surface area contributed by atoms with Crippen LogP contribution in [0.3, 0.4) is 0 Å². The minimum Gasteiger partial charge on any atom is -0.364 e. The van der Waals surface area contributed by atoms with Gasteiger partial charge in [-0.15, -0.1) is 0 Å². The lowest BCUT2D eigenvalue weighted by Gasteiger charge is -2.22. The Balaban J connectivity index is 0.000000843. The highest BCUT2D eigenvalue weighted by atomic mass is 19.1. The second-order valence-electron chi connectivity index (χ2n) is 8.49. The number of allylic oxidation sites excluding steroid dienone is 5. The van der Waals surface area contributed by atoms with E-state index in [2.05, 4.69) is 50.2 Å². The number of nitrogens with one attached hydrogen (secondary N) is 1. The number of hydrogen-bond acceptors (Lipinski definition) is 2. The predicted molar refractivity (Wildman–Crippen MR) is 145 cm³/mol. The largest absolute Gasteiger partial charge is 0.364 e. The van der Waals surface area contributed by atoms with Crippen LogP contribution in [0, 0.1) is 12.7 Å². The van der Waals surface area contributed by atoms with E-state index in [0.717, 1.165) is 60.5 Å². The lowest BCUT2D eigenvalue weighted by atomic mass is 10.1. The van der Waals surface area contributed by atoms with E-state index in [1.165, 1.54) is 11.6 Å². The Hall–Kier alpha value is -2.62. The monoisotopic (exact) mass is 455 g/mol. The molecule has 0 saturated heterocycles. The standard InChI is InChI=1S/C20H35N3.C9H11F/c1-9-13-19(14-10-2)21-17(6)22-20(23(7)8)18(12-4)15-16(5)11-3;1-3-8-4-5-9(10)6-7(8)2/h11-12,15,19H,3-4,9-10,13-14H2,1-2,5-8H3,(H,21,22);4-6H,3H2,1-2H3/b16-15-,20-18-;. The number of halogens is 1. The van der Waals surface area contributed by atoms with Gasteiger partial charge in [0.05, 0.1) is 11.9 Å². The van der Waals surface area contributed by atoms with Gasteiger partial charge < -0.3 is 10.2 Å². The molecule has 0 spiro atoms. The van der Waals surface area contributed by atoms with E-state index < -0.39 is 0 Å². The van der Waals surface area contributed by atoms with Crippen molar-refractivity contribution in [1.29, 1.82) is 0 Å². The number of nitrogens with zero attached hydrogens (tertiary/aromatic N) is 2. The van der Waals surface area contributed by atoms with Gasteiger partial charge in [0.15, 0.2) is 0 Å². The van der Waals surface area contributed by atoms with Crippen LogP contribution in [-0.2, 0) is 6.42 Å². The molecule has 0 amide bonds. The maximum Gasteiger partial charge on any atom is 0.123 e. The number of amidine groups is 1. The first kappa shape index (κ1) is 30.4. The highest BCUT2D eigenvalue weighted by Gasteiger charge is 2.09. The Morgan fingerprint density at radius 3 is 2.12 bits per heavy atom. The maximum atomic E-state index is 12.5. The summed E-state index contributed by atoms with van der Waals surface area (Å²) in [6.45, 7) is 20.2. The van der Waals surface area contributed by atoms with Gasteiger partial charge in [-0.1, -0.05) is 70.6 Å². The molecule has 0 aliphatic heterocycles. The zero-order chi connectivity index (χ0) is 25.4. The van der Waals surface area contributed by atoms with Crippen LogP contribution in [-0.4, -0.2) is 30.9 Å². The van der Waals surface area contributed by atoms with Crippen LogP contribution in [0.5, 0.6) is 0 Å². The maximum absolute atomic E-state index is 12.5. The summed E-state index contributed by atoms with van der Waals surface area (Å²) in [6, 6.07) is 5.31. The first-order chi connectivity index (χ1) is 15.6. The fraction of sp³-hybridized carbons (Fsp3) is 0.483. The fourth-order valence-corrected chi connectivity index (χ4v) is 3.44. The molecule has 0 atom stereocenters. The zero-order valence-corrected chi connectivity index (χ0v) is 22.3. The van der Waals surface area contributed by atoms with Gasteiger partial charge in [-0.3, -0.25) is 4.99 Å². The quantitative estimate of drug-likeness (QED) is 0.210. The molecule has 4 heteroatoms. The van der Waals surface area contributed by atoms with Crippen molar-refractivity contribution < 1.29 is 4.39 Å². The number of aliphatic imine (C=N–C) groups is 1. The van der Waals surface area contributed by atoms with Crippen LogP contribution in [0.25, 0.3) is 0 Å². The first-order valence-corrected chi connectivity index (χ1v) is 12.0. The Labute approximate surface area is 202 Å². The van der Waals surface area contributed by atoms with Gasteiger partial charge in [0.2, 0.25) is 0 Å². The summed E-state index contributed by atoms with van der Waals surface area (Å²) in [5, 5.41) is 3.45. The molecule has 1 N–H and O–H groups in total. The van der Waals surface area contributed by atoms with Crippen LogP contribution in [0.1, 0.15) is 71.4 Å². The molecular formula is C29H46FN3. The van der Waals surface area contributed by atoms with Crippen LogP contribution in [0.15, 0.2) is 71.5 Å². The molecular weight excluding hydrogens is 409 g/mol. The van der Waals surface area contributed by atoms with Crippen LogP contribution < -0.4 is 5.32 Å². The van der Waals surface area contributed by atoms with Gasteiger partial charge >= 0.3 is 0 Å². The van der Waals surface area contributed by atoms with Gasteiger partial charge in [-0.25, -0.2) is 4.39 Å². The lowest BCUT2D eigenvalue weighted by Crippen LogP contribution is -2.31. The third-order valence-corrected chi connectivity index (χ3v) is 5.25. The lowest BCUT2D eigenvalue weighted by molar-refractivity contribution is 0.482. The highest BCUT2D eigenvalue weighted by molar-refractivity contribution is 5.81. The van der Waals surface area contributed by atoms with Gasteiger partial charge in [-0.2, -0.15) is 0 Å². The molecule has 184 valence electrons. The summed E-state index contributed by atoms with van der Waals surface area (Å²) < 4.78 is 12.5. The molecule has 33 heavy (non-hydrogen) atoms. The second-order valence-corrected chi connectivity index (χ2v) is 8.49. The third-order valence-electron chi connectivity index (χ3n) is 5.25. The minimum absolute atomic E-state index is 0.144. The van der Waals surface area contributed by atoms with E-state index in [4.69, 9.17) is 4.99 Å². The molecule has 0 unspecified atom stereocenters. The van der Waals surface area contributed by atoms with Crippen LogP contribution in [0.4, 0.5) is 4.39 Å². The summed E-state index contributed by atoms with van der Waals surface area (Å²) in [6.07, 6.45) is 11.4. The van der Waals surface area contributed by atoms with Crippen molar-refractivity contribution in [3.8, 4) is 0 Å². The molecule has 0 aliphatic carbocycles. The summed E-state index contributed by atoms with van der Waals surface area (Å²) in [7, 11) is 4.04. The molecule has 0 aliphatic rings. The normalized spacial score (nSPS) is 12.5. The number of rotatable bonds is 11. The third kappa shape index (κ3) is 12.3. The molecule has 1 rings (SSSR count). The first-order valence-electron chi connectivity index (χ1n) is 12.0. The van der Waals surface area contributed by atoms with Crippen LogP contribution >= 0.6 is 0 Å². The van der Waals surface area contributed by atoms with E-state index in [1.807, 2.05) is 53.1 Å². The highest BCUT2D eigenvalue weighted by Crippen LogP contribution is 2.13. The topological polar surface area (TPSA) is 27.6 Å². The average molecular weight is 456 g/mol. The van der Waals surface area contributed by atoms with Crippen molar-refractivity contribution >= 4 is 5.84 Å². The second kappa shape index (κ2) is 16.9. The molecule has 0 fully saturated rings. The van der Waals surface area contributed by atoms with Crippen molar-refractivity contribution in [3.63, 3.8) is 0 Å². The van der Waals surface area contributed by atoms with E-state index in [-0.39, 0.29) is 5.82 Å². The summed E-state index contributed by atoms with van der Waals surface area (Å²) in [5.41, 5.74) is 4.40. The smallest absolute Gasteiger partial charge is 0.123 e. The zero-order valence-electron chi connectivity index (χ0n) is 22.3. The van der Waals surface area contributed by atoms with Gasteiger partial charge in [-0.05, 0) is 69.4 Å². The average Bonchev–Trinajstić information content (AvgIpc) is 2.76. The predicted octanol–water partition coefficient (Wildman–Crippen LogP) is 7.75. The Bertz CT molecular complexity index is 825. The van der Waals surface area contributed by atoms with Crippen LogP contribution in [0.2, 0.25) is 0 Å². The molecule has 0 aromatic heterocycles. The molecule has 0 bridgehead atoms. The van der Waals surface area contributed by atoms with Gasteiger partial charge in [0, 0.05) is 19.7 Å². The molecule has 0 radical (unpaired) electrons. The number of aryl methyl sites for hydroxylation is 2. The Morgan fingerprint density at radius 2 is 1.70 bits per heavy atom. The van der Waals surface area contributed by atoms with Crippen molar-refractivity contribution in [2.45, 2.75) is 79.7 Å². The van der Waals surface area contributed by atoms with E-state index in [9.17, 15) is 4.39 Å². The summed E-state index contributed by atoms with van der Waals surface area (Å²) in [5.74, 6) is 1.80. The summed E-state index contributed by atoms with van der Waals surface area (Å²) >= 11 is 0. The number of hydrogen-bond donors (Lipinski definition) is 1. The van der Waals surface area contributed by atoms with E-state index in [1.54, 1.807) is 6.07 Å². The molecule has 0 saturated carbocycles. The van der Waals surface area contributed by atoms with E-state index in [0.29, 0.717) is 6.04 Å². The van der Waals surface area contributed by atoms with Gasteiger partial charge in [0.25, 0.3) is 0 Å². The molecule has 0 heterocycles. The van der Waals surface area contributed by atoms with Crippen molar-refractivity contribution in [2.75, 3.05) is 14.1 Å². The van der Waals surface area contributed by atoms with Gasteiger partial charge in [0.1, 0.15) is 11.6 Å². The molecule has 3 nitrogen and oxygen atoms in total. The Morgan fingerprint density at radius 1 is 1.09 bits per heavy atom. The molecule has 1 aromatic rings. The van der Waals surface area contributed by atoms with Crippen molar-refractivity contribution in [2.24, 2.45) is 4.99 Å². The van der Waals surface area contributed by atoms with Crippen molar-refractivity contribution in [1.82, 2.24) is 10.2 Å². The fourth-order valence-electron chi connectivity index (χ4n) is 3.44. The summed E-state index contributed by atoms with van der Waals surface area (Å²) in [4.78, 5) is 6.92. The number of benzene rings is 1. The SMILES string of the molecule is C=C/C(C)=C\C(C=C)=C(\NC(C)=NC(CCC)CCC)N(C)C.CCc1ccc(F)cc1C. The van der Waals surface area contributed by atoms with Crippen molar-refractivity contribution in [3.05, 3.63) is 83.5 Å². The Kier molecular flexibility index (Phi) is 15.6. The van der Waals surface area contributed by atoms with E-state index >= 15 is 0 Å². The minimum atomic E-state index is -0.144. The molecule has 1 aromatic carbocycles.